The van der Waals surface area contributed by atoms with Crippen LogP contribution in [0.25, 0.3) is 0 Å². The van der Waals surface area contributed by atoms with Crippen molar-refractivity contribution in [3.63, 3.8) is 0 Å². The third kappa shape index (κ3) is 13.4. The van der Waals surface area contributed by atoms with E-state index in [1.54, 1.807) is 14.2 Å². The lowest BCUT2D eigenvalue weighted by Gasteiger charge is -2.04. The lowest BCUT2D eigenvalue weighted by Crippen LogP contribution is -1.98. The molecule has 0 aromatic heterocycles. The van der Waals surface area contributed by atoms with Crippen LogP contribution in [-0.4, -0.2) is 26.0 Å². The Morgan fingerprint density at radius 2 is 0.800 bits per heavy atom. The minimum absolute atomic E-state index is 0.409. The van der Waals surface area contributed by atoms with Gasteiger partial charge in [-0.15, -0.1) is 0 Å². The highest BCUT2D eigenvalue weighted by atomic mass is 16.5. The Morgan fingerprint density at radius 1 is 0.550 bits per heavy atom. The van der Waals surface area contributed by atoms with Gasteiger partial charge in [0.25, 0.3) is 0 Å². The summed E-state index contributed by atoms with van der Waals surface area (Å²) < 4.78 is 9.65. The van der Waals surface area contributed by atoms with E-state index in [9.17, 15) is 0 Å². The minimum atomic E-state index is 0.409. The predicted molar refractivity (Wildman–Crippen MR) is 84.9 cm³/mol. The van der Waals surface area contributed by atoms with Crippen LogP contribution >= 0.6 is 0 Å². The molecule has 0 aromatic rings. The van der Waals surface area contributed by atoms with E-state index in [0.717, 1.165) is 25.7 Å². The van der Waals surface area contributed by atoms with Gasteiger partial charge < -0.3 is 9.47 Å². The van der Waals surface area contributed by atoms with Gasteiger partial charge in [-0.1, -0.05) is 51.4 Å². The molecule has 0 spiro atoms. The van der Waals surface area contributed by atoms with Crippen molar-refractivity contribution in [1.82, 2.24) is 0 Å². The zero-order valence-corrected chi connectivity index (χ0v) is 13.3. The van der Waals surface area contributed by atoms with Gasteiger partial charge in [-0.05, 0) is 12.8 Å². The van der Waals surface area contributed by atoms with Gasteiger partial charge in [-0.2, -0.15) is 0 Å². The summed E-state index contributed by atoms with van der Waals surface area (Å²) in [5, 5.41) is 14.7. The second-order valence-corrected chi connectivity index (χ2v) is 5.29. The number of nitrogens with one attached hydrogen (secondary N) is 2. The number of methoxy groups -OCH3 is 2. The molecule has 118 valence electrons. The molecule has 0 atom stereocenters. The van der Waals surface area contributed by atoms with Gasteiger partial charge in [0.1, 0.15) is 0 Å². The van der Waals surface area contributed by atoms with Crippen LogP contribution in [0.1, 0.15) is 77.0 Å². The minimum Gasteiger partial charge on any atom is -0.484 e. The molecule has 0 saturated heterocycles. The molecule has 0 aromatic carbocycles. The Bertz CT molecular complexity index is 229. The number of rotatable bonds is 13. The summed E-state index contributed by atoms with van der Waals surface area (Å²) in [4.78, 5) is 0. The van der Waals surface area contributed by atoms with E-state index in [1.807, 2.05) is 0 Å². The van der Waals surface area contributed by atoms with Crippen LogP contribution in [0.4, 0.5) is 0 Å². The van der Waals surface area contributed by atoms with Crippen molar-refractivity contribution in [3.8, 4) is 0 Å². The molecule has 0 radical (unpaired) electrons. The Balaban J connectivity index is 3.06. The molecule has 0 saturated carbocycles. The Labute approximate surface area is 124 Å². The first-order valence-electron chi connectivity index (χ1n) is 7.93. The fraction of sp³-hybridized carbons (Fsp3) is 0.875. The summed E-state index contributed by atoms with van der Waals surface area (Å²) in [7, 11) is 3.14. The highest BCUT2D eigenvalue weighted by molar-refractivity contribution is 5.72. The van der Waals surface area contributed by atoms with E-state index in [-0.39, 0.29) is 0 Å². The van der Waals surface area contributed by atoms with Crippen LogP contribution in [-0.2, 0) is 9.47 Å². The molecule has 4 nitrogen and oxygen atoms in total. The monoisotopic (exact) mass is 284 g/mol. The van der Waals surface area contributed by atoms with Crippen LogP contribution in [0.5, 0.6) is 0 Å². The van der Waals surface area contributed by atoms with Crippen LogP contribution < -0.4 is 0 Å². The maximum atomic E-state index is 7.36. The Hall–Kier alpha value is -1.06. The molecule has 0 aliphatic heterocycles. The smallest absolute Gasteiger partial charge is 0.180 e. The second kappa shape index (κ2) is 14.4. The fourth-order valence-electron chi connectivity index (χ4n) is 2.19. The molecule has 0 aliphatic rings. The molecule has 0 bridgehead atoms. The zero-order valence-electron chi connectivity index (χ0n) is 13.3. The third-order valence-corrected chi connectivity index (χ3v) is 3.55. The summed E-state index contributed by atoms with van der Waals surface area (Å²) in [5.74, 6) is 0.818. The fourth-order valence-corrected chi connectivity index (χ4v) is 2.19. The van der Waals surface area contributed by atoms with Crippen molar-refractivity contribution < 1.29 is 9.47 Å². The number of hydrogen-bond acceptors (Lipinski definition) is 4. The lowest BCUT2D eigenvalue weighted by molar-refractivity contribution is 0.382. The predicted octanol–water partition coefficient (Wildman–Crippen LogP) is 4.91. The summed E-state index contributed by atoms with van der Waals surface area (Å²) in [6.45, 7) is 0. The molecular weight excluding hydrogens is 252 g/mol. The first-order valence-corrected chi connectivity index (χ1v) is 7.93. The lowest BCUT2D eigenvalue weighted by atomic mass is 10.1. The van der Waals surface area contributed by atoms with Crippen molar-refractivity contribution in [2.45, 2.75) is 77.0 Å². The maximum absolute atomic E-state index is 7.36. The average molecular weight is 284 g/mol. The van der Waals surface area contributed by atoms with Crippen molar-refractivity contribution in [2.24, 2.45) is 0 Å². The third-order valence-electron chi connectivity index (χ3n) is 3.55. The van der Waals surface area contributed by atoms with Gasteiger partial charge in [0.15, 0.2) is 11.8 Å². The van der Waals surface area contributed by atoms with Crippen molar-refractivity contribution in [2.75, 3.05) is 14.2 Å². The standard InChI is InChI=1S/C16H32N2O2/c1-19-15(17)13-11-9-7-5-3-4-6-8-10-12-14-16(18)20-2/h17-18H,3-14H2,1-2H3. The summed E-state index contributed by atoms with van der Waals surface area (Å²) in [6, 6.07) is 0. The highest BCUT2D eigenvalue weighted by Crippen LogP contribution is 2.12. The normalized spacial score (nSPS) is 10.3. The van der Waals surface area contributed by atoms with Gasteiger partial charge in [0, 0.05) is 12.8 Å². The quantitative estimate of drug-likeness (QED) is 0.286. The first-order chi connectivity index (χ1) is 9.70. The van der Waals surface area contributed by atoms with E-state index in [2.05, 4.69) is 0 Å². The number of unbranched alkanes of at least 4 members (excludes halogenated alkanes) is 9. The molecule has 0 aliphatic carbocycles. The van der Waals surface area contributed by atoms with Crippen molar-refractivity contribution in [1.29, 1.82) is 10.8 Å². The Morgan fingerprint density at radius 3 is 1.05 bits per heavy atom. The average Bonchev–Trinajstić information content (AvgIpc) is 2.47. The van der Waals surface area contributed by atoms with Crippen LogP contribution in [0.3, 0.4) is 0 Å². The molecule has 0 unspecified atom stereocenters. The summed E-state index contributed by atoms with van der Waals surface area (Å²) in [5.41, 5.74) is 0. The molecule has 20 heavy (non-hydrogen) atoms. The zero-order chi connectivity index (χ0) is 15.1. The molecule has 2 N–H and O–H groups in total. The van der Waals surface area contributed by atoms with Crippen molar-refractivity contribution in [3.05, 3.63) is 0 Å². The van der Waals surface area contributed by atoms with E-state index in [0.29, 0.717) is 11.8 Å². The molecule has 0 amide bonds. The number of ether oxygens (including phenoxy) is 2. The van der Waals surface area contributed by atoms with Crippen LogP contribution in [0.2, 0.25) is 0 Å². The van der Waals surface area contributed by atoms with Gasteiger partial charge in [0.05, 0.1) is 14.2 Å². The number of hydrogen-bond donors (Lipinski definition) is 2. The van der Waals surface area contributed by atoms with E-state index in [1.165, 1.54) is 51.4 Å². The van der Waals surface area contributed by atoms with E-state index in [4.69, 9.17) is 20.3 Å². The van der Waals surface area contributed by atoms with Gasteiger partial charge >= 0.3 is 0 Å². The highest BCUT2D eigenvalue weighted by Gasteiger charge is 1.97. The molecular formula is C16H32N2O2. The molecule has 0 rings (SSSR count). The van der Waals surface area contributed by atoms with Crippen LogP contribution in [0, 0.1) is 10.8 Å². The molecule has 4 heteroatoms. The van der Waals surface area contributed by atoms with Gasteiger partial charge in [-0.3, -0.25) is 10.8 Å². The second-order valence-electron chi connectivity index (χ2n) is 5.29. The van der Waals surface area contributed by atoms with E-state index < -0.39 is 0 Å². The SMILES string of the molecule is COC(=N)CCCCCCCCCCCCC(=N)OC. The van der Waals surface area contributed by atoms with Gasteiger partial charge in [0.2, 0.25) is 0 Å². The van der Waals surface area contributed by atoms with Gasteiger partial charge in [-0.25, -0.2) is 0 Å². The van der Waals surface area contributed by atoms with Crippen molar-refractivity contribution >= 4 is 11.8 Å². The first kappa shape index (κ1) is 18.9. The van der Waals surface area contributed by atoms with E-state index >= 15 is 0 Å². The summed E-state index contributed by atoms with van der Waals surface area (Å²) in [6.07, 6.45) is 14.0. The Kier molecular flexibility index (Phi) is 13.6. The maximum Gasteiger partial charge on any atom is 0.180 e. The topological polar surface area (TPSA) is 66.2 Å². The largest absolute Gasteiger partial charge is 0.484 e. The van der Waals surface area contributed by atoms with Crippen LogP contribution in [0.15, 0.2) is 0 Å². The molecule has 0 fully saturated rings. The summed E-state index contributed by atoms with van der Waals surface area (Å²) >= 11 is 0. The molecule has 0 heterocycles.